The average Bonchev–Trinajstić information content (AvgIpc) is 3.70. The van der Waals surface area contributed by atoms with Crippen LogP contribution < -0.4 is 19.7 Å². The third-order valence-electron chi connectivity index (χ3n) is 12.1. The molecule has 3 N–H and O–H groups in total. The van der Waals surface area contributed by atoms with Crippen molar-refractivity contribution in [3.05, 3.63) is 118 Å². The summed E-state index contributed by atoms with van der Waals surface area (Å²) >= 11 is 6.25. The number of nitrogens with one attached hydrogen (secondary N) is 3. The van der Waals surface area contributed by atoms with Crippen molar-refractivity contribution >= 4 is 55.4 Å². The number of aryl methyl sites for hydroxylation is 1. The first-order chi connectivity index (χ1) is 28.4. The molecule has 59 heavy (non-hydrogen) atoms. The number of amides is 1. The number of hydrogen-bond acceptors (Lipinski definition) is 8. The maximum absolute atomic E-state index is 13.9. The van der Waals surface area contributed by atoms with Gasteiger partial charge in [0.1, 0.15) is 11.5 Å². The molecule has 5 aromatic rings. The minimum Gasteiger partial charge on any atom is -0.456 e. The van der Waals surface area contributed by atoms with Gasteiger partial charge < -0.3 is 24.7 Å². The molecule has 2 fully saturated rings. The van der Waals surface area contributed by atoms with Crippen molar-refractivity contribution in [2.24, 2.45) is 11.3 Å². The maximum Gasteiger partial charge on any atom is 0.268 e. The molecule has 0 radical (unpaired) electrons. The van der Waals surface area contributed by atoms with Crippen molar-refractivity contribution < 1.29 is 22.7 Å². The summed E-state index contributed by atoms with van der Waals surface area (Å²) in [6.07, 6.45) is 7.30. The highest BCUT2D eigenvalue weighted by Crippen LogP contribution is 2.43. The van der Waals surface area contributed by atoms with Crippen LogP contribution in [0.1, 0.15) is 67.4 Å². The van der Waals surface area contributed by atoms with Crippen LogP contribution in [-0.2, 0) is 14.8 Å². The molecule has 0 saturated carbocycles. The molecule has 2 aliphatic heterocycles. The van der Waals surface area contributed by atoms with Gasteiger partial charge in [0, 0.05) is 85.4 Å². The van der Waals surface area contributed by atoms with E-state index in [0.717, 1.165) is 111 Å². The highest BCUT2D eigenvalue weighted by Gasteiger charge is 2.30. The Labute approximate surface area is 353 Å². The van der Waals surface area contributed by atoms with Crippen LogP contribution in [0.2, 0.25) is 5.02 Å². The lowest BCUT2D eigenvalue weighted by molar-refractivity contribution is 0.0595. The molecule has 8 rings (SSSR count). The molecule has 0 unspecified atom stereocenters. The molecule has 0 spiro atoms. The van der Waals surface area contributed by atoms with E-state index in [9.17, 15) is 13.2 Å². The predicted octanol–water partition coefficient (Wildman–Crippen LogP) is 9.67. The summed E-state index contributed by atoms with van der Waals surface area (Å²) in [6.45, 7) is 13.1. The monoisotopic (exact) mass is 835 g/mol. The first-order valence-electron chi connectivity index (χ1n) is 20.7. The van der Waals surface area contributed by atoms with E-state index >= 15 is 0 Å². The zero-order valence-corrected chi connectivity index (χ0v) is 35.7. The van der Waals surface area contributed by atoms with Crippen molar-refractivity contribution in [3.8, 4) is 11.5 Å². The summed E-state index contributed by atoms with van der Waals surface area (Å²) in [5.74, 6) is 0.458. The van der Waals surface area contributed by atoms with Crippen LogP contribution in [0.5, 0.6) is 11.5 Å². The van der Waals surface area contributed by atoms with Gasteiger partial charge in [0.05, 0.1) is 17.1 Å². The molecule has 1 aliphatic carbocycles. The first-order valence-corrected chi connectivity index (χ1v) is 22.6. The second-order valence-corrected chi connectivity index (χ2v) is 19.2. The predicted molar refractivity (Wildman–Crippen MR) is 237 cm³/mol. The van der Waals surface area contributed by atoms with Gasteiger partial charge in [-0.3, -0.25) is 9.69 Å². The Morgan fingerprint density at radius 2 is 1.80 bits per heavy atom. The number of H-pyrrole nitrogens is 1. The van der Waals surface area contributed by atoms with E-state index in [-0.39, 0.29) is 21.6 Å². The van der Waals surface area contributed by atoms with Gasteiger partial charge >= 0.3 is 0 Å². The number of carbonyl (C=O) groups excluding carboxylic acids is 1. The van der Waals surface area contributed by atoms with Crippen LogP contribution >= 0.6 is 11.6 Å². The Hall–Kier alpha value is -4.81. The second-order valence-electron chi connectivity index (χ2n) is 17.1. The summed E-state index contributed by atoms with van der Waals surface area (Å²) in [4.78, 5) is 22.0. The lowest BCUT2D eigenvalue weighted by Gasteiger charge is -2.39. The summed E-state index contributed by atoms with van der Waals surface area (Å²) in [6, 6.07) is 26.1. The van der Waals surface area contributed by atoms with Gasteiger partial charge in [-0.05, 0) is 134 Å². The van der Waals surface area contributed by atoms with E-state index in [1.165, 1.54) is 29.2 Å². The molecular formula is C47H54ClN5O5S. The Balaban J connectivity index is 0.986. The van der Waals surface area contributed by atoms with Gasteiger partial charge in [0.2, 0.25) is 0 Å². The van der Waals surface area contributed by atoms with Crippen LogP contribution in [0.25, 0.3) is 16.5 Å². The molecule has 4 aromatic carbocycles. The van der Waals surface area contributed by atoms with Crippen molar-refractivity contribution in [1.82, 2.24) is 14.6 Å². The molecular weight excluding hydrogens is 782 g/mol. The van der Waals surface area contributed by atoms with Gasteiger partial charge in [0.25, 0.3) is 15.9 Å². The number of aromatic amines is 1. The number of allylic oxidation sites excluding steroid dienone is 1. The molecule has 1 atom stereocenters. The molecule has 1 amide bonds. The number of carbonyl (C=O) groups is 1. The van der Waals surface area contributed by atoms with Crippen LogP contribution in [0.4, 0.5) is 11.4 Å². The van der Waals surface area contributed by atoms with Crippen LogP contribution in [0.15, 0.2) is 102 Å². The number of ether oxygens (including phenoxy) is 2. The normalized spacial score (nSPS) is 18.8. The number of sulfonamides is 1. The maximum atomic E-state index is 13.9. The lowest BCUT2D eigenvalue weighted by Crippen LogP contribution is -2.47. The molecule has 2 saturated heterocycles. The van der Waals surface area contributed by atoms with E-state index in [2.05, 4.69) is 50.8 Å². The number of aromatic nitrogens is 1. The van der Waals surface area contributed by atoms with Crippen LogP contribution in [-0.4, -0.2) is 76.7 Å². The van der Waals surface area contributed by atoms with Gasteiger partial charge in [0.15, 0.2) is 0 Å². The molecule has 10 nitrogen and oxygen atoms in total. The number of rotatable bonds is 12. The molecule has 310 valence electrons. The van der Waals surface area contributed by atoms with Gasteiger partial charge in [-0.25, -0.2) is 13.1 Å². The first kappa shape index (κ1) is 40.9. The number of benzene rings is 4. The average molecular weight is 836 g/mol. The van der Waals surface area contributed by atoms with E-state index < -0.39 is 15.9 Å². The molecule has 1 aromatic heterocycles. The third-order valence-corrected chi connectivity index (χ3v) is 13.6. The Morgan fingerprint density at radius 3 is 2.56 bits per heavy atom. The topological polar surface area (TPSA) is 116 Å². The largest absolute Gasteiger partial charge is 0.456 e. The fourth-order valence-corrected chi connectivity index (χ4v) is 9.74. The van der Waals surface area contributed by atoms with Crippen molar-refractivity contribution in [2.75, 3.05) is 62.7 Å². The fraction of sp³-hybridized carbons (Fsp3) is 0.383. The summed E-state index contributed by atoms with van der Waals surface area (Å²) < 4.78 is 41.7. The highest BCUT2D eigenvalue weighted by molar-refractivity contribution is 7.90. The van der Waals surface area contributed by atoms with Crippen LogP contribution in [0.3, 0.4) is 0 Å². The Morgan fingerprint density at radius 1 is 0.983 bits per heavy atom. The zero-order valence-electron chi connectivity index (χ0n) is 34.2. The fourth-order valence-electron chi connectivity index (χ4n) is 8.56. The van der Waals surface area contributed by atoms with E-state index in [0.29, 0.717) is 11.7 Å². The van der Waals surface area contributed by atoms with Crippen molar-refractivity contribution in [2.45, 2.75) is 57.8 Å². The van der Waals surface area contributed by atoms with Crippen molar-refractivity contribution in [3.63, 3.8) is 0 Å². The highest BCUT2D eigenvalue weighted by atomic mass is 35.5. The van der Waals surface area contributed by atoms with Gasteiger partial charge in [-0.2, -0.15) is 0 Å². The summed E-state index contributed by atoms with van der Waals surface area (Å²) in [5, 5.41) is 5.15. The molecule has 3 heterocycles. The van der Waals surface area contributed by atoms with E-state index in [1.54, 1.807) is 18.2 Å². The summed E-state index contributed by atoms with van der Waals surface area (Å²) in [5.41, 5.74) is 8.08. The van der Waals surface area contributed by atoms with Gasteiger partial charge in [-0.15, -0.1) is 0 Å². The lowest BCUT2D eigenvalue weighted by atomic mass is 9.72. The molecule has 0 bridgehead atoms. The number of piperazine rings is 1. The van der Waals surface area contributed by atoms with E-state index in [1.807, 2.05) is 61.7 Å². The standard InChI is InChI=1S/C47H54ClN5O5S/c1-32-25-40(12-15-43(32)50-29-33-5-4-24-57-31-33)59(55,56)51-46(54)41-13-10-38(27-45(41)58-39-11-14-44-35(26-39)17-19-49-44)53-22-20-52(21-23-53)30-36-16-18-47(2,3)28-42(36)34-6-8-37(48)9-7-34/h6-15,17,19,25-27,33,49-50H,4-5,16,18,20-24,28-31H2,1-3H3,(H,51,54)/t33-/m0/s1. The quantitative estimate of drug-likeness (QED) is 0.114. The number of halogens is 1. The minimum absolute atomic E-state index is 0.0118. The zero-order chi connectivity index (χ0) is 41.1. The second kappa shape index (κ2) is 17.4. The third kappa shape index (κ3) is 9.81. The number of hydrogen-bond donors (Lipinski definition) is 3. The molecule has 3 aliphatic rings. The smallest absolute Gasteiger partial charge is 0.268 e. The molecule has 12 heteroatoms. The summed E-state index contributed by atoms with van der Waals surface area (Å²) in [7, 11) is -4.21. The van der Waals surface area contributed by atoms with Crippen LogP contribution in [0, 0.1) is 18.3 Å². The number of nitrogens with zero attached hydrogens (tertiary/aromatic N) is 2. The Bertz CT molecular complexity index is 2450. The minimum atomic E-state index is -4.21. The number of anilines is 2. The Kier molecular flexibility index (Phi) is 12.1. The SMILES string of the molecule is Cc1cc(S(=O)(=O)NC(=O)c2ccc(N3CCN(CC4=C(c5ccc(Cl)cc5)CC(C)(C)CC4)CC3)cc2Oc2ccc3[nH]ccc3c2)ccc1NC[C@@H]1CCCOC1. The van der Waals surface area contributed by atoms with E-state index in [4.69, 9.17) is 21.1 Å². The van der Waals surface area contributed by atoms with Crippen molar-refractivity contribution in [1.29, 1.82) is 0 Å². The number of fused-ring (bicyclic) bond motifs is 1. The van der Waals surface area contributed by atoms with Gasteiger partial charge in [-0.1, -0.05) is 43.2 Å².